The van der Waals surface area contributed by atoms with E-state index in [2.05, 4.69) is 0 Å². The van der Waals surface area contributed by atoms with Crippen molar-refractivity contribution in [2.75, 3.05) is 5.73 Å². The lowest BCUT2D eigenvalue weighted by molar-refractivity contribution is 0.0986. The van der Waals surface area contributed by atoms with E-state index in [4.69, 9.17) is 10.2 Å². The van der Waals surface area contributed by atoms with Crippen molar-refractivity contribution in [2.45, 2.75) is 13.8 Å². The molecule has 0 bridgehead atoms. The average molecular weight is 139 g/mol. The van der Waals surface area contributed by atoms with Crippen LogP contribution in [0.25, 0.3) is 0 Å². The van der Waals surface area contributed by atoms with Crippen molar-refractivity contribution in [1.29, 1.82) is 0 Å². The van der Waals surface area contributed by atoms with E-state index < -0.39 is 0 Å². The third-order valence-corrected chi connectivity index (χ3v) is 1.30. The zero-order chi connectivity index (χ0) is 7.72. The van der Waals surface area contributed by atoms with Gasteiger partial charge < -0.3 is 10.2 Å². The molecule has 3 heteroatoms. The summed E-state index contributed by atoms with van der Waals surface area (Å²) in [6, 6.07) is 1.54. The molecule has 0 aliphatic carbocycles. The van der Waals surface area contributed by atoms with E-state index in [-0.39, 0.29) is 5.78 Å². The maximum Gasteiger partial charge on any atom is 0.195 e. The molecule has 0 atom stereocenters. The van der Waals surface area contributed by atoms with Gasteiger partial charge in [-0.1, -0.05) is 0 Å². The molecule has 0 unspecified atom stereocenters. The highest BCUT2D eigenvalue weighted by molar-refractivity contribution is 5.92. The summed E-state index contributed by atoms with van der Waals surface area (Å²) in [5.41, 5.74) is 5.97. The van der Waals surface area contributed by atoms with Gasteiger partial charge in [-0.05, 0) is 6.92 Å². The van der Waals surface area contributed by atoms with E-state index in [1.165, 1.54) is 13.0 Å². The minimum atomic E-state index is -0.0974. The van der Waals surface area contributed by atoms with Crippen LogP contribution in [0.3, 0.4) is 0 Å². The van der Waals surface area contributed by atoms with Gasteiger partial charge in [-0.15, -0.1) is 0 Å². The largest absolute Gasteiger partial charge is 0.456 e. The predicted molar refractivity (Wildman–Crippen MR) is 37.9 cm³/mol. The van der Waals surface area contributed by atoms with Gasteiger partial charge in [0.2, 0.25) is 0 Å². The zero-order valence-corrected chi connectivity index (χ0v) is 5.97. The predicted octanol–water partition coefficient (Wildman–Crippen LogP) is 1.37. The fourth-order valence-corrected chi connectivity index (χ4v) is 0.670. The van der Waals surface area contributed by atoms with E-state index in [9.17, 15) is 4.79 Å². The first-order valence-electron chi connectivity index (χ1n) is 2.98. The van der Waals surface area contributed by atoms with Crippen molar-refractivity contribution in [3.05, 3.63) is 17.6 Å². The van der Waals surface area contributed by atoms with Gasteiger partial charge in [0.25, 0.3) is 0 Å². The number of carbonyl (C=O) groups is 1. The Bertz CT molecular complexity index is 243. The second-order valence-corrected chi connectivity index (χ2v) is 2.18. The number of ketones is 1. The zero-order valence-electron chi connectivity index (χ0n) is 5.97. The lowest BCUT2D eigenvalue weighted by Crippen LogP contribution is -1.86. The van der Waals surface area contributed by atoms with Gasteiger partial charge >= 0.3 is 0 Å². The molecular weight excluding hydrogens is 130 g/mol. The number of hydrogen-bond donors (Lipinski definition) is 1. The average Bonchev–Trinajstić information content (AvgIpc) is 2.13. The van der Waals surface area contributed by atoms with Crippen LogP contribution in [0.1, 0.15) is 23.2 Å². The molecule has 0 fully saturated rings. The van der Waals surface area contributed by atoms with Crippen LogP contribution in [-0.2, 0) is 0 Å². The highest BCUT2D eigenvalue weighted by Crippen LogP contribution is 2.16. The summed E-state index contributed by atoms with van der Waals surface area (Å²) in [6.07, 6.45) is 0. The van der Waals surface area contributed by atoms with Crippen LogP contribution in [0.15, 0.2) is 10.5 Å². The maximum atomic E-state index is 10.7. The third-order valence-electron chi connectivity index (χ3n) is 1.30. The van der Waals surface area contributed by atoms with E-state index in [1.54, 1.807) is 6.92 Å². The Balaban J connectivity index is 3.10. The summed E-state index contributed by atoms with van der Waals surface area (Å²) in [7, 11) is 0. The van der Waals surface area contributed by atoms with Gasteiger partial charge in [0.1, 0.15) is 5.76 Å². The molecule has 0 saturated carbocycles. The van der Waals surface area contributed by atoms with Crippen molar-refractivity contribution in [3.63, 3.8) is 0 Å². The van der Waals surface area contributed by atoms with E-state index in [1.807, 2.05) is 0 Å². The smallest absolute Gasteiger partial charge is 0.195 e. The van der Waals surface area contributed by atoms with E-state index in [0.29, 0.717) is 17.2 Å². The molecule has 54 valence electrons. The standard InChI is InChI=1S/C7H9NO2/c1-4(9)7-3-6(8)5(2)10-7/h3H,8H2,1-2H3. The number of anilines is 1. The number of rotatable bonds is 1. The van der Waals surface area contributed by atoms with Crippen molar-refractivity contribution >= 4 is 11.5 Å². The molecule has 0 radical (unpaired) electrons. The van der Waals surface area contributed by atoms with Gasteiger partial charge in [-0.2, -0.15) is 0 Å². The Morgan fingerprint density at radius 1 is 1.70 bits per heavy atom. The molecule has 0 aromatic carbocycles. The van der Waals surface area contributed by atoms with Crippen molar-refractivity contribution in [3.8, 4) is 0 Å². The second kappa shape index (κ2) is 2.17. The Hall–Kier alpha value is -1.25. The number of Topliss-reactive ketones (excluding diaryl/α,β-unsaturated/α-hetero) is 1. The fraction of sp³-hybridized carbons (Fsp3) is 0.286. The van der Waals surface area contributed by atoms with E-state index in [0.717, 1.165) is 0 Å². The summed E-state index contributed by atoms with van der Waals surface area (Å²) < 4.78 is 5.00. The fourth-order valence-electron chi connectivity index (χ4n) is 0.670. The Labute approximate surface area is 58.8 Å². The van der Waals surface area contributed by atoms with Gasteiger partial charge in [0.05, 0.1) is 5.69 Å². The minimum Gasteiger partial charge on any atom is -0.456 e. The van der Waals surface area contributed by atoms with Crippen LogP contribution >= 0.6 is 0 Å². The normalized spacial score (nSPS) is 9.80. The Morgan fingerprint density at radius 3 is 2.50 bits per heavy atom. The molecule has 0 spiro atoms. The summed E-state index contributed by atoms with van der Waals surface area (Å²) in [5, 5.41) is 0. The maximum absolute atomic E-state index is 10.7. The van der Waals surface area contributed by atoms with Crippen LogP contribution in [0.4, 0.5) is 5.69 Å². The summed E-state index contributed by atoms with van der Waals surface area (Å²) in [6.45, 7) is 3.17. The summed E-state index contributed by atoms with van der Waals surface area (Å²) >= 11 is 0. The molecule has 0 aliphatic heterocycles. The Kier molecular flexibility index (Phi) is 1.49. The molecule has 10 heavy (non-hydrogen) atoms. The van der Waals surface area contributed by atoms with E-state index >= 15 is 0 Å². The van der Waals surface area contributed by atoms with Crippen molar-refractivity contribution < 1.29 is 9.21 Å². The number of furan rings is 1. The van der Waals surface area contributed by atoms with Crippen LogP contribution in [-0.4, -0.2) is 5.78 Å². The molecule has 0 aliphatic rings. The quantitative estimate of drug-likeness (QED) is 0.598. The van der Waals surface area contributed by atoms with Gasteiger partial charge in [0, 0.05) is 13.0 Å². The summed E-state index contributed by atoms with van der Waals surface area (Å²) in [4.78, 5) is 10.7. The molecule has 3 nitrogen and oxygen atoms in total. The lowest BCUT2D eigenvalue weighted by Gasteiger charge is -1.83. The number of aryl methyl sites for hydroxylation is 1. The molecule has 1 heterocycles. The number of carbonyl (C=O) groups excluding carboxylic acids is 1. The SMILES string of the molecule is CC(=O)c1cc(N)c(C)o1. The van der Waals surface area contributed by atoms with Crippen LogP contribution < -0.4 is 5.73 Å². The highest BCUT2D eigenvalue weighted by atomic mass is 16.3. The lowest BCUT2D eigenvalue weighted by atomic mass is 10.3. The van der Waals surface area contributed by atoms with Gasteiger partial charge in [0.15, 0.2) is 11.5 Å². The van der Waals surface area contributed by atoms with Crippen LogP contribution in [0.2, 0.25) is 0 Å². The van der Waals surface area contributed by atoms with Gasteiger partial charge in [-0.25, -0.2) is 0 Å². The second-order valence-electron chi connectivity index (χ2n) is 2.18. The molecular formula is C7H9NO2. The first kappa shape index (κ1) is 6.86. The molecule has 2 N–H and O–H groups in total. The first-order chi connectivity index (χ1) is 4.61. The molecule has 0 saturated heterocycles. The minimum absolute atomic E-state index is 0.0974. The summed E-state index contributed by atoms with van der Waals surface area (Å²) in [5.74, 6) is 0.833. The third kappa shape index (κ3) is 1.03. The first-order valence-corrected chi connectivity index (χ1v) is 2.98. The van der Waals surface area contributed by atoms with Gasteiger partial charge in [-0.3, -0.25) is 4.79 Å². The van der Waals surface area contributed by atoms with Crippen LogP contribution in [0.5, 0.6) is 0 Å². The molecule has 1 aromatic heterocycles. The van der Waals surface area contributed by atoms with Crippen molar-refractivity contribution in [2.24, 2.45) is 0 Å². The number of nitrogen functional groups attached to an aromatic ring is 1. The topological polar surface area (TPSA) is 56.2 Å². The highest BCUT2D eigenvalue weighted by Gasteiger charge is 2.06. The van der Waals surface area contributed by atoms with Crippen molar-refractivity contribution in [1.82, 2.24) is 0 Å². The van der Waals surface area contributed by atoms with Crippen LogP contribution in [0, 0.1) is 6.92 Å². The molecule has 1 aromatic rings. The number of nitrogens with two attached hydrogens (primary N) is 1. The monoisotopic (exact) mass is 139 g/mol. The molecule has 1 rings (SSSR count). The number of hydrogen-bond acceptors (Lipinski definition) is 3. The Morgan fingerprint density at radius 2 is 2.30 bits per heavy atom. The molecule has 0 amide bonds.